The average molecular weight is 369 g/mol. The number of imidazole rings is 2. The molecule has 4 heterocycles. The number of furan rings is 1. The van der Waals surface area contributed by atoms with Gasteiger partial charge in [0.2, 0.25) is 0 Å². The normalized spacial score (nSPS) is 11.8. The summed E-state index contributed by atoms with van der Waals surface area (Å²) in [6, 6.07) is 4.10. The predicted octanol–water partition coefficient (Wildman–Crippen LogP) is 3.89. The lowest BCUT2D eigenvalue weighted by Crippen LogP contribution is -2.25. The molecule has 0 aliphatic rings. The van der Waals surface area contributed by atoms with Gasteiger partial charge in [-0.1, -0.05) is 0 Å². The summed E-state index contributed by atoms with van der Waals surface area (Å²) in [5, 5.41) is 2.09. The first-order valence-corrected chi connectivity index (χ1v) is 9.71. The first-order chi connectivity index (χ1) is 12.7. The van der Waals surface area contributed by atoms with E-state index in [9.17, 15) is 0 Å². The fourth-order valence-corrected chi connectivity index (χ4v) is 4.02. The molecule has 0 saturated heterocycles. The van der Waals surface area contributed by atoms with E-state index >= 15 is 0 Å². The zero-order chi connectivity index (χ0) is 17.9. The van der Waals surface area contributed by atoms with Crippen molar-refractivity contribution in [2.45, 2.75) is 39.9 Å². The summed E-state index contributed by atoms with van der Waals surface area (Å²) in [7, 11) is 0. The summed E-state index contributed by atoms with van der Waals surface area (Å²) < 4.78 is 10.1. The van der Waals surface area contributed by atoms with E-state index in [4.69, 9.17) is 4.42 Å². The monoisotopic (exact) mass is 369 g/mol. The molecule has 0 N–H and O–H groups in total. The van der Waals surface area contributed by atoms with Crippen molar-refractivity contribution in [3.8, 4) is 0 Å². The van der Waals surface area contributed by atoms with E-state index in [1.54, 1.807) is 11.3 Å². The topological polar surface area (TPSA) is 51.5 Å². The van der Waals surface area contributed by atoms with Crippen LogP contribution in [0, 0.1) is 13.8 Å². The fraction of sp³-hybridized carbons (Fsp3) is 0.368. The summed E-state index contributed by atoms with van der Waals surface area (Å²) in [6.07, 6.45) is 8.87. The predicted molar refractivity (Wildman–Crippen MR) is 102 cm³/mol. The molecule has 7 heteroatoms. The van der Waals surface area contributed by atoms with Gasteiger partial charge in [-0.25, -0.2) is 9.97 Å². The maximum absolute atomic E-state index is 5.81. The second kappa shape index (κ2) is 7.47. The Bertz CT molecular complexity index is 965. The van der Waals surface area contributed by atoms with Crippen molar-refractivity contribution in [3.63, 3.8) is 0 Å². The van der Waals surface area contributed by atoms with Gasteiger partial charge < -0.3 is 8.98 Å². The lowest BCUT2D eigenvalue weighted by Gasteiger charge is -2.21. The highest BCUT2D eigenvalue weighted by atomic mass is 32.1. The van der Waals surface area contributed by atoms with Gasteiger partial charge in [0, 0.05) is 43.6 Å². The van der Waals surface area contributed by atoms with Crippen LogP contribution in [0.4, 0.5) is 0 Å². The van der Waals surface area contributed by atoms with Crippen molar-refractivity contribution in [1.82, 2.24) is 23.8 Å². The molecule has 4 rings (SSSR count). The first-order valence-electron chi connectivity index (χ1n) is 8.83. The van der Waals surface area contributed by atoms with Gasteiger partial charge in [0.15, 0.2) is 4.96 Å². The van der Waals surface area contributed by atoms with E-state index in [0.717, 1.165) is 54.8 Å². The lowest BCUT2D eigenvalue weighted by atomic mass is 10.2. The van der Waals surface area contributed by atoms with Crippen molar-refractivity contribution < 1.29 is 4.42 Å². The maximum atomic E-state index is 5.81. The number of aromatic nitrogens is 4. The third kappa shape index (κ3) is 3.73. The number of rotatable bonds is 8. The van der Waals surface area contributed by atoms with Crippen molar-refractivity contribution in [1.29, 1.82) is 0 Å². The molecule has 0 atom stereocenters. The van der Waals surface area contributed by atoms with Crippen LogP contribution in [-0.4, -0.2) is 30.4 Å². The van der Waals surface area contributed by atoms with Crippen LogP contribution in [-0.2, 0) is 19.6 Å². The molecule has 0 amide bonds. The van der Waals surface area contributed by atoms with Gasteiger partial charge >= 0.3 is 0 Å². The molecular formula is C19H23N5OS. The molecule has 136 valence electrons. The quantitative estimate of drug-likeness (QED) is 0.473. The second-order valence-corrected chi connectivity index (χ2v) is 7.45. The van der Waals surface area contributed by atoms with Crippen molar-refractivity contribution in [3.05, 3.63) is 65.3 Å². The first kappa shape index (κ1) is 17.1. The average Bonchev–Trinajstić information content (AvgIpc) is 3.37. The van der Waals surface area contributed by atoms with Crippen molar-refractivity contribution >= 4 is 16.3 Å². The molecule has 0 radical (unpaired) electrons. The minimum Gasteiger partial charge on any atom is -0.465 e. The number of thiazole rings is 1. The highest BCUT2D eigenvalue weighted by molar-refractivity contribution is 7.15. The number of fused-ring (bicyclic) bond motifs is 1. The van der Waals surface area contributed by atoms with E-state index in [1.165, 1.54) is 5.69 Å². The van der Waals surface area contributed by atoms with Gasteiger partial charge in [0.1, 0.15) is 11.5 Å². The molecule has 0 bridgehead atoms. The number of hydrogen-bond donors (Lipinski definition) is 0. The molecule has 0 fully saturated rings. The molecule has 0 aliphatic carbocycles. The van der Waals surface area contributed by atoms with E-state index in [1.807, 2.05) is 31.7 Å². The minimum absolute atomic E-state index is 0.800. The Morgan fingerprint density at radius 2 is 2.12 bits per heavy atom. The Morgan fingerprint density at radius 3 is 2.88 bits per heavy atom. The van der Waals surface area contributed by atoms with Crippen LogP contribution in [0.3, 0.4) is 0 Å². The molecule has 4 aromatic rings. The molecule has 0 spiro atoms. The van der Waals surface area contributed by atoms with Gasteiger partial charge in [-0.15, -0.1) is 11.3 Å². The largest absolute Gasteiger partial charge is 0.465 e. The molecule has 4 aromatic heterocycles. The molecule has 0 saturated carbocycles. The second-order valence-electron chi connectivity index (χ2n) is 6.58. The molecular weight excluding hydrogens is 346 g/mol. The zero-order valence-corrected chi connectivity index (χ0v) is 15.9. The fourth-order valence-electron chi connectivity index (χ4n) is 3.24. The Balaban J connectivity index is 1.49. The summed E-state index contributed by atoms with van der Waals surface area (Å²) in [5.74, 6) is 1.97. The van der Waals surface area contributed by atoms with E-state index in [0.29, 0.717) is 0 Å². The molecule has 0 unspecified atom stereocenters. The van der Waals surface area contributed by atoms with Crippen LogP contribution in [0.5, 0.6) is 0 Å². The van der Waals surface area contributed by atoms with E-state index in [-0.39, 0.29) is 0 Å². The summed E-state index contributed by atoms with van der Waals surface area (Å²) in [5.41, 5.74) is 2.36. The Morgan fingerprint density at radius 1 is 1.19 bits per heavy atom. The van der Waals surface area contributed by atoms with Gasteiger partial charge in [0.05, 0.1) is 24.3 Å². The van der Waals surface area contributed by atoms with E-state index < -0.39 is 0 Å². The maximum Gasteiger partial charge on any atom is 0.194 e. The van der Waals surface area contributed by atoms with Gasteiger partial charge in [-0.3, -0.25) is 9.30 Å². The summed E-state index contributed by atoms with van der Waals surface area (Å²) in [4.78, 5) is 12.3. The Labute approximate surface area is 156 Å². The zero-order valence-electron chi connectivity index (χ0n) is 15.1. The summed E-state index contributed by atoms with van der Waals surface area (Å²) in [6.45, 7) is 7.68. The van der Waals surface area contributed by atoms with Crippen LogP contribution < -0.4 is 0 Å². The van der Waals surface area contributed by atoms with Crippen LogP contribution in [0.15, 0.2) is 46.8 Å². The molecule has 6 nitrogen and oxygen atoms in total. The minimum atomic E-state index is 0.800. The number of nitrogens with zero attached hydrogens (tertiary/aromatic N) is 5. The third-order valence-corrected chi connectivity index (χ3v) is 5.32. The lowest BCUT2D eigenvalue weighted by molar-refractivity contribution is 0.224. The Hall–Kier alpha value is -2.38. The molecule has 0 aliphatic heterocycles. The molecule has 26 heavy (non-hydrogen) atoms. The standard InChI is InChI=1S/C19H23N5OS/c1-15-4-5-17(25-15)12-23(8-3-7-22-9-6-20-14-22)13-18-16(2)21-19-24(18)10-11-26-19/h4-6,9-11,14H,3,7-8,12-13H2,1-2H3. The van der Waals surface area contributed by atoms with Crippen LogP contribution in [0.25, 0.3) is 4.96 Å². The highest BCUT2D eigenvalue weighted by Gasteiger charge is 2.15. The van der Waals surface area contributed by atoms with Gasteiger partial charge in [-0.05, 0) is 32.4 Å². The Kier molecular flexibility index (Phi) is 4.90. The van der Waals surface area contributed by atoms with Gasteiger partial charge in [-0.2, -0.15) is 0 Å². The smallest absolute Gasteiger partial charge is 0.194 e. The SMILES string of the molecule is Cc1ccc(CN(CCCn2ccnc2)Cc2c(C)nc3sccn23)o1. The van der Waals surface area contributed by atoms with E-state index in [2.05, 4.69) is 48.4 Å². The number of hydrogen-bond acceptors (Lipinski definition) is 5. The van der Waals surface area contributed by atoms with Gasteiger partial charge in [0.25, 0.3) is 0 Å². The van der Waals surface area contributed by atoms with Crippen molar-refractivity contribution in [2.24, 2.45) is 0 Å². The van der Waals surface area contributed by atoms with Crippen LogP contribution in [0.2, 0.25) is 0 Å². The third-order valence-electron chi connectivity index (χ3n) is 4.56. The van der Waals surface area contributed by atoms with Crippen LogP contribution >= 0.6 is 11.3 Å². The molecule has 0 aromatic carbocycles. The van der Waals surface area contributed by atoms with Crippen molar-refractivity contribution in [2.75, 3.05) is 6.54 Å². The number of aryl methyl sites for hydroxylation is 3. The highest BCUT2D eigenvalue weighted by Crippen LogP contribution is 2.20. The summed E-state index contributed by atoms with van der Waals surface area (Å²) >= 11 is 1.68. The van der Waals surface area contributed by atoms with Crippen LogP contribution in [0.1, 0.15) is 29.3 Å².